The van der Waals surface area contributed by atoms with Gasteiger partial charge in [0.25, 0.3) is 5.91 Å². The number of likely N-dealkylation sites (tertiary alicyclic amines) is 1. The first-order chi connectivity index (χ1) is 13.1. The Balaban J connectivity index is 1.51. The number of amides is 2. The lowest BCUT2D eigenvalue weighted by Crippen LogP contribution is -2.34. The van der Waals surface area contributed by atoms with Gasteiger partial charge in [-0.1, -0.05) is 12.8 Å². The zero-order valence-corrected chi connectivity index (χ0v) is 15.7. The molecule has 4 rings (SSSR count). The van der Waals surface area contributed by atoms with E-state index in [4.69, 9.17) is 4.42 Å². The van der Waals surface area contributed by atoms with Crippen LogP contribution in [0, 0.1) is 12.8 Å². The van der Waals surface area contributed by atoms with Gasteiger partial charge in [-0.05, 0) is 69.0 Å². The first-order valence-corrected chi connectivity index (χ1v) is 9.90. The number of benzene rings is 1. The molecule has 2 amide bonds. The smallest absolute Gasteiger partial charge is 0.254 e. The summed E-state index contributed by atoms with van der Waals surface area (Å²) in [5.74, 6) is 2.01. The number of hydrogen-bond acceptors (Lipinski definition) is 3. The summed E-state index contributed by atoms with van der Waals surface area (Å²) in [7, 11) is 0. The van der Waals surface area contributed by atoms with Crippen molar-refractivity contribution in [2.24, 2.45) is 5.92 Å². The highest BCUT2D eigenvalue weighted by atomic mass is 16.3. The Morgan fingerprint density at radius 3 is 2.44 bits per heavy atom. The van der Waals surface area contributed by atoms with E-state index in [9.17, 15) is 9.59 Å². The third-order valence-corrected chi connectivity index (χ3v) is 5.45. The Morgan fingerprint density at radius 1 is 1.00 bits per heavy atom. The van der Waals surface area contributed by atoms with Crippen LogP contribution < -0.4 is 5.32 Å². The number of hydrogen-bond donors (Lipinski definition) is 1. The predicted molar refractivity (Wildman–Crippen MR) is 103 cm³/mol. The zero-order valence-electron chi connectivity index (χ0n) is 15.7. The number of nitrogens with zero attached hydrogens (tertiary/aromatic N) is 1. The Hall–Kier alpha value is -2.56. The maximum Gasteiger partial charge on any atom is 0.254 e. The van der Waals surface area contributed by atoms with Gasteiger partial charge in [0.15, 0.2) is 0 Å². The van der Waals surface area contributed by atoms with Crippen molar-refractivity contribution >= 4 is 17.5 Å². The van der Waals surface area contributed by atoms with E-state index < -0.39 is 0 Å². The van der Waals surface area contributed by atoms with Gasteiger partial charge in [-0.3, -0.25) is 9.59 Å². The normalized spacial score (nSPS) is 20.2. The van der Waals surface area contributed by atoms with Crippen LogP contribution in [0.2, 0.25) is 0 Å². The molecule has 2 fully saturated rings. The molecular weight excluding hydrogens is 340 g/mol. The second-order valence-corrected chi connectivity index (χ2v) is 7.65. The minimum atomic E-state index is -0.0112. The third-order valence-electron chi connectivity index (χ3n) is 5.45. The lowest BCUT2D eigenvalue weighted by molar-refractivity contribution is -0.117. The van der Waals surface area contributed by atoms with Gasteiger partial charge in [0, 0.05) is 23.7 Å². The quantitative estimate of drug-likeness (QED) is 0.853. The van der Waals surface area contributed by atoms with Crippen LogP contribution in [0.5, 0.6) is 0 Å². The topological polar surface area (TPSA) is 62.6 Å². The van der Waals surface area contributed by atoms with E-state index in [0.29, 0.717) is 5.56 Å². The fourth-order valence-corrected chi connectivity index (χ4v) is 3.73. The molecule has 1 N–H and O–H groups in total. The van der Waals surface area contributed by atoms with Gasteiger partial charge in [0.2, 0.25) is 5.91 Å². The van der Waals surface area contributed by atoms with Crippen LogP contribution in [0.3, 0.4) is 0 Å². The van der Waals surface area contributed by atoms with Crippen LogP contribution in [0.1, 0.15) is 66.4 Å². The van der Waals surface area contributed by atoms with E-state index in [1.807, 2.05) is 36.1 Å². The molecule has 2 heterocycles. The Bertz CT molecular complexity index is 820. The van der Waals surface area contributed by atoms with Crippen LogP contribution in [-0.4, -0.2) is 23.3 Å². The molecular formula is C22H26N2O3. The van der Waals surface area contributed by atoms with Gasteiger partial charge in [0.1, 0.15) is 11.5 Å². The van der Waals surface area contributed by atoms with Crippen LogP contribution in [0.15, 0.2) is 40.8 Å². The average molecular weight is 366 g/mol. The summed E-state index contributed by atoms with van der Waals surface area (Å²) in [6.45, 7) is 2.67. The molecule has 1 atom stereocenters. The summed E-state index contributed by atoms with van der Waals surface area (Å²) in [5, 5.41) is 2.92. The molecule has 0 radical (unpaired) electrons. The lowest BCUT2D eigenvalue weighted by Gasteiger charge is -2.29. The fraction of sp³-hybridized carbons (Fsp3) is 0.455. The molecule has 1 aliphatic carbocycles. The van der Waals surface area contributed by atoms with Crippen molar-refractivity contribution in [3.8, 4) is 0 Å². The second-order valence-electron chi connectivity index (χ2n) is 7.65. The van der Waals surface area contributed by atoms with E-state index in [1.54, 1.807) is 12.1 Å². The molecule has 5 nitrogen and oxygen atoms in total. The molecule has 1 aromatic heterocycles. The summed E-state index contributed by atoms with van der Waals surface area (Å²) >= 11 is 0. The highest BCUT2D eigenvalue weighted by Crippen LogP contribution is 2.33. The molecule has 0 spiro atoms. The molecule has 0 bridgehead atoms. The monoisotopic (exact) mass is 366 g/mol. The number of anilines is 1. The molecule has 2 aromatic rings. The molecule has 2 aliphatic rings. The molecule has 1 aromatic carbocycles. The summed E-state index contributed by atoms with van der Waals surface area (Å²) in [6.07, 6.45) is 6.12. The number of furan rings is 1. The van der Waals surface area contributed by atoms with Crippen molar-refractivity contribution in [2.75, 3.05) is 11.9 Å². The largest absolute Gasteiger partial charge is 0.464 e. The van der Waals surface area contributed by atoms with Gasteiger partial charge in [-0.15, -0.1) is 0 Å². The van der Waals surface area contributed by atoms with Crippen LogP contribution >= 0.6 is 0 Å². The molecule has 1 saturated heterocycles. The summed E-state index contributed by atoms with van der Waals surface area (Å²) < 4.78 is 5.84. The number of carbonyl (C=O) groups is 2. The van der Waals surface area contributed by atoms with Gasteiger partial charge in [0.05, 0.1) is 6.04 Å². The minimum absolute atomic E-state index is 0.0112. The number of aryl methyl sites for hydroxylation is 1. The highest BCUT2D eigenvalue weighted by molar-refractivity contribution is 5.97. The van der Waals surface area contributed by atoms with Gasteiger partial charge in [-0.2, -0.15) is 0 Å². The first-order valence-electron chi connectivity index (χ1n) is 9.90. The van der Waals surface area contributed by atoms with Crippen molar-refractivity contribution in [3.05, 3.63) is 53.5 Å². The first kappa shape index (κ1) is 17.8. The third kappa shape index (κ3) is 4.07. The van der Waals surface area contributed by atoms with E-state index in [-0.39, 0.29) is 23.8 Å². The Labute approximate surface area is 159 Å². The van der Waals surface area contributed by atoms with Crippen molar-refractivity contribution in [3.63, 3.8) is 0 Å². The van der Waals surface area contributed by atoms with Crippen LogP contribution in [0.25, 0.3) is 0 Å². The molecule has 1 unspecified atom stereocenters. The van der Waals surface area contributed by atoms with E-state index in [1.165, 1.54) is 0 Å². The van der Waals surface area contributed by atoms with Gasteiger partial charge in [-0.25, -0.2) is 0 Å². The molecule has 142 valence electrons. The second kappa shape index (κ2) is 7.59. The maximum atomic E-state index is 13.2. The van der Waals surface area contributed by atoms with Gasteiger partial charge < -0.3 is 14.6 Å². The minimum Gasteiger partial charge on any atom is -0.464 e. The molecule has 1 aliphatic heterocycles. The van der Waals surface area contributed by atoms with Gasteiger partial charge >= 0.3 is 0 Å². The molecule has 1 saturated carbocycles. The standard InChI is InChI=1S/C22H26N2O3/c1-15-6-13-20(27-15)19-5-3-2-4-14-24(19)22(26)17-9-11-18(12-10-17)23-21(25)16-7-8-16/h6,9-13,16,19H,2-5,7-8,14H2,1H3,(H,23,25). The van der Waals surface area contributed by atoms with Crippen molar-refractivity contribution in [1.82, 2.24) is 4.90 Å². The van der Waals surface area contributed by atoms with Crippen LogP contribution in [0.4, 0.5) is 5.69 Å². The number of carbonyl (C=O) groups excluding carboxylic acids is 2. The highest BCUT2D eigenvalue weighted by Gasteiger charge is 2.31. The predicted octanol–water partition coefficient (Wildman–Crippen LogP) is 4.69. The average Bonchev–Trinajstić information content (AvgIpc) is 3.47. The fourth-order valence-electron chi connectivity index (χ4n) is 3.73. The summed E-state index contributed by atoms with van der Waals surface area (Å²) in [6, 6.07) is 11.2. The van der Waals surface area contributed by atoms with Crippen molar-refractivity contribution in [2.45, 2.75) is 51.5 Å². The Kier molecular flexibility index (Phi) is 5.01. The van der Waals surface area contributed by atoms with E-state index in [0.717, 1.165) is 62.3 Å². The Morgan fingerprint density at radius 2 is 1.78 bits per heavy atom. The lowest BCUT2D eigenvalue weighted by atomic mass is 10.1. The van der Waals surface area contributed by atoms with E-state index in [2.05, 4.69) is 5.32 Å². The molecule has 27 heavy (non-hydrogen) atoms. The summed E-state index contributed by atoms with van der Waals surface area (Å²) in [4.78, 5) is 27.0. The SMILES string of the molecule is Cc1ccc(C2CCCCCN2C(=O)c2ccc(NC(=O)C3CC3)cc2)o1. The van der Waals surface area contributed by atoms with Crippen molar-refractivity contribution < 1.29 is 14.0 Å². The maximum absolute atomic E-state index is 13.2. The summed E-state index contributed by atoms with van der Waals surface area (Å²) in [5.41, 5.74) is 1.40. The number of nitrogens with one attached hydrogen (secondary N) is 1. The molecule has 5 heteroatoms. The van der Waals surface area contributed by atoms with Crippen molar-refractivity contribution in [1.29, 1.82) is 0 Å². The van der Waals surface area contributed by atoms with E-state index >= 15 is 0 Å². The number of rotatable bonds is 4. The zero-order chi connectivity index (χ0) is 18.8. The van der Waals surface area contributed by atoms with Crippen LogP contribution in [-0.2, 0) is 4.79 Å².